The van der Waals surface area contributed by atoms with Crippen molar-refractivity contribution in [3.63, 3.8) is 0 Å². The van der Waals surface area contributed by atoms with Gasteiger partial charge in [-0.3, -0.25) is 0 Å². The third kappa shape index (κ3) is 1.44. The Bertz CT molecular complexity index is 336. The van der Waals surface area contributed by atoms with Crippen LogP contribution in [-0.4, -0.2) is 18.3 Å². The molecule has 1 saturated carbocycles. The Morgan fingerprint density at radius 2 is 2.21 bits per heavy atom. The summed E-state index contributed by atoms with van der Waals surface area (Å²) in [4.78, 5) is 0. The molecular weight excluding hydrogens is 198 g/mol. The molecule has 0 heterocycles. The van der Waals surface area contributed by atoms with Crippen LogP contribution in [0.5, 0.6) is 0 Å². The zero-order valence-electron chi connectivity index (χ0n) is 7.91. The van der Waals surface area contributed by atoms with E-state index in [1.54, 1.807) is 0 Å². The summed E-state index contributed by atoms with van der Waals surface area (Å²) in [5.41, 5.74) is 6.67. The number of benzene rings is 1. The lowest BCUT2D eigenvalue weighted by molar-refractivity contribution is 0.211. The highest BCUT2D eigenvalue weighted by atomic mass is 35.5. The summed E-state index contributed by atoms with van der Waals surface area (Å²) in [5, 5.41) is 10.0. The van der Waals surface area contributed by atoms with Gasteiger partial charge in [0.15, 0.2) is 0 Å². The van der Waals surface area contributed by atoms with Crippen molar-refractivity contribution in [1.82, 2.24) is 0 Å². The van der Waals surface area contributed by atoms with Crippen molar-refractivity contribution >= 4 is 11.6 Å². The van der Waals surface area contributed by atoms with Gasteiger partial charge < -0.3 is 10.8 Å². The topological polar surface area (TPSA) is 46.2 Å². The summed E-state index contributed by atoms with van der Waals surface area (Å²) < 4.78 is 0. The van der Waals surface area contributed by atoms with E-state index in [1.807, 2.05) is 24.3 Å². The van der Waals surface area contributed by atoms with Crippen molar-refractivity contribution in [2.75, 3.05) is 13.2 Å². The fourth-order valence-electron chi connectivity index (χ4n) is 2.01. The molecule has 1 aliphatic rings. The number of aliphatic hydroxyl groups is 1. The maximum absolute atomic E-state index is 9.26. The van der Waals surface area contributed by atoms with E-state index < -0.39 is 0 Å². The first-order chi connectivity index (χ1) is 6.73. The first-order valence-corrected chi connectivity index (χ1v) is 5.17. The van der Waals surface area contributed by atoms with Crippen LogP contribution in [0.25, 0.3) is 0 Å². The van der Waals surface area contributed by atoms with Crippen LogP contribution in [0.15, 0.2) is 24.3 Å². The second-order valence-corrected chi connectivity index (χ2v) is 4.41. The molecule has 0 aliphatic heterocycles. The number of hydrogen-bond acceptors (Lipinski definition) is 2. The van der Waals surface area contributed by atoms with E-state index in [-0.39, 0.29) is 12.0 Å². The predicted molar refractivity (Wildman–Crippen MR) is 57.4 cm³/mol. The molecule has 1 aromatic carbocycles. The fraction of sp³-hybridized carbons (Fsp3) is 0.455. The SMILES string of the molecule is NC[C@@]1(CO)C[C@H]1c1ccccc1Cl. The summed E-state index contributed by atoms with van der Waals surface area (Å²) in [6, 6.07) is 7.78. The van der Waals surface area contributed by atoms with Crippen LogP contribution >= 0.6 is 11.6 Å². The van der Waals surface area contributed by atoms with Crippen LogP contribution in [0.1, 0.15) is 17.9 Å². The van der Waals surface area contributed by atoms with Crippen molar-refractivity contribution < 1.29 is 5.11 Å². The molecule has 3 N–H and O–H groups in total. The molecule has 2 rings (SSSR count). The zero-order chi connectivity index (χ0) is 10.2. The Kier molecular flexibility index (Phi) is 2.52. The van der Waals surface area contributed by atoms with Gasteiger partial charge in [-0.2, -0.15) is 0 Å². The maximum atomic E-state index is 9.26. The van der Waals surface area contributed by atoms with E-state index in [4.69, 9.17) is 17.3 Å². The minimum Gasteiger partial charge on any atom is -0.396 e. The molecule has 14 heavy (non-hydrogen) atoms. The highest BCUT2D eigenvalue weighted by Gasteiger charge is 2.53. The van der Waals surface area contributed by atoms with E-state index in [0.717, 1.165) is 17.0 Å². The van der Waals surface area contributed by atoms with Crippen LogP contribution in [0.2, 0.25) is 5.02 Å². The van der Waals surface area contributed by atoms with E-state index in [2.05, 4.69) is 0 Å². The lowest BCUT2D eigenvalue weighted by Gasteiger charge is -2.11. The molecule has 1 fully saturated rings. The molecule has 0 spiro atoms. The van der Waals surface area contributed by atoms with Gasteiger partial charge >= 0.3 is 0 Å². The Labute approximate surface area is 88.7 Å². The predicted octanol–water partition coefficient (Wildman–Crippen LogP) is 1.76. The molecule has 1 aromatic rings. The smallest absolute Gasteiger partial charge is 0.0505 e. The minimum absolute atomic E-state index is 0.106. The highest BCUT2D eigenvalue weighted by molar-refractivity contribution is 6.31. The van der Waals surface area contributed by atoms with Gasteiger partial charge in [0.05, 0.1) is 6.61 Å². The lowest BCUT2D eigenvalue weighted by atomic mass is 10.0. The molecule has 0 saturated heterocycles. The molecule has 0 unspecified atom stereocenters. The molecule has 2 atom stereocenters. The second kappa shape index (κ2) is 3.54. The third-order valence-electron chi connectivity index (χ3n) is 3.19. The highest BCUT2D eigenvalue weighted by Crippen LogP contribution is 2.59. The van der Waals surface area contributed by atoms with Gasteiger partial charge in [-0.1, -0.05) is 29.8 Å². The maximum Gasteiger partial charge on any atom is 0.0505 e. The average Bonchev–Trinajstić information content (AvgIpc) is 2.94. The van der Waals surface area contributed by atoms with Gasteiger partial charge in [0.1, 0.15) is 0 Å². The van der Waals surface area contributed by atoms with Gasteiger partial charge in [-0.15, -0.1) is 0 Å². The quantitative estimate of drug-likeness (QED) is 0.801. The number of aliphatic hydroxyl groups excluding tert-OH is 1. The summed E-state index contributed by atoms with van der Waals surface area (Å²) in [6.45, 7) is 0.679. The lowest BCUT2D eigenvalue weighted by Crippen LogP contribution is -2.21. The van der Waals surface area contributed by atoms with E-state index >= 15 is 0 Å². The van der Waals surface area contributed by atoms with Crippen molar-refractivity contribution in [2.45, 2.75) is 12.3 Å². The number of hydrogen-bond donors (Lipinski definition) is 2. The second-order valence-electron chi connectivity index (χ2n) is 4.00. The summed E-state index contributed by atoms with van der Waals surface area (Å²) in [7, 11) is 0. The molecule has 0 bridgehead atoms. The Balaban J connectivity index is 2.24. The first-order valence-electron chi connectivity index (χ1n) is 4.79. The molecule has 3 heteroatoms. The van der Waals surface area contributed by atoms with Crippen LogP contribution < -0.4 is 5.73 Å². The third-order valence-corrected chi connectivity index (χ3v) is 3.54. The van der Waals surface area contributed by atoms with Crippen LogP contribution in [0, 0.1) is 5.41 Å². The molecule has 1 aliphatic carbocycles. The summed E-state index contributed by atoms with van der Waals surface area (Å²) >= 11 is 6.08. The molecule has 0 amide bonds. The molecule has 0 aromatic heterocycles. The zero-order valence-corrected chi connectivity index (χ0v) is 8.67. The fourth-order valence-corrected chi connectivity index (χ4v) is 2.28. The first kappa shape index (κ1) is 9.97. The van der Waals surface area contributed by atoms with E-state index in [1.165, 1.54) is 0 Å². The average molecular weight is 212 g/mol. The summed E-state index contributed by atoms with van der Waals surface area (Å²) in [5.74, 6) is 0.339. The number of halogens is 1. The summed E-state index contributed by atoms with van der Waals surface area (Å²) in [6.07, 6.45) is 0.948. The normalized spacial score (nSPS) is 30.4. The van der Waals surface area contributed by atoms with Gasteiger partial charge in [-0.05, 0) is 24.0 Å². The van der Waals surface area contributed by atoms with Gasteiger partial charge in [-0.25, -0.2) is 0 Å². The van der Waals surface area contributed by atoms with Gasteiger partial charge in [0, 0.05) is 17.0 Å². The standard InChI is InChI=1S/C11H14ClNO/c12-10-4-2-1-3-8(10)9-5-11(9,6-13)7-14/h1-4,9,14H,5-7,13H2/t9-,11+/m0/s1. The van der Waals surface area contributed by atoms with Crippen molar-refractivity contribution in [3.05, 3.63) is 34.9 Å². The number of rotatable bonds is 3. The Hall–Kier alpha value is -0.570. The number of nitrogens with two attached hydrogens (primary N) is 1. The van der Waals surface area contributed by atoms with Crippen molar-refractivity contribution in [1.29, 1.82) is 0 Å². The molecule has 0 radical (unpaired) electrons. The largest absolute Gasteiger partial charge is 0.396 e. The van der Waals surface area contributed by atoms with Crippen molar-refractivity contribution in [2.24, 2.45) is 11.1 Å². The Morgan fingerprint density at radius 3 is 2.71 bits per heavy atom. The Morgan fingerprint density at radius 1 is 1.50 bits per heavy atom. The van der Waals surface area contributed by atoms with Crippen molar-refractivity contribution in [3.8, 4) is 0 Å². The monoisotopic (exact) mass is 211 g/mol. The van der Waals surface area contributed by atoms with E-state index in [9.17, 15) is 5.11 Å². The molecule has 2 nitrogen and oxygen atoms in total. The van der Waals surface area contributed by atoms with Crippen LogP contribution in [-0.2, 0) is 0 Å². The molecule has 76 valence electrons. The molecular formula is C11H14ClNO. The van der Waals surface area contributed by atoms with Crippen LogP contribution in [0.3, 0.4) is 0 Å². The van der Waals surface area contributed by atoms with Crippen LogP contribution in [0.4, 0.5) is 0 Å². The minimum atomic E-state index is -0.106. The van der Waals surface area contributed by atoms with Gasteiger partial charge in [0.2, 0.25) is 0 Å². The van der Waals surface area contributed by atoms with E-state index in [0.29, 0.717) is 12.5 Å². The van der Waals surface area contributed by atoms with Gasteiger partial charge in [0.25, 0.3) is 0 Å².